The van der Waals surface area contributed by atoms with Crippen LogP contribution in [-0.2, 0) is 17.9 Å². The molecule has 5 rings (SSSR count). The van der Waals surface area contributed by atoms with Crippen LogP contribution in [0.3, 0.4) is 0 Å². The molecule has 1 aliphatic rings. The number of carbonyl (C=O) groups is 1. The molecule has 0 aliphatic carbocycles. The van der Waals surface area contributed by atoms with E-state index in [2.05, 4.69) is 49.5 Å². The summed E-state index contributed by atoms with van der Waals surface area (Å²) in [5.74, 6) is -0.394. The molecule has 1 fully saturated rings. The van der Waals surface area contributed by atoms with Gasteiger partial charge in [0.05, 0.1) is 6.04 Å². The second kappa shape index (κ2) is 10.7. The molecule has 9 nitrogen and oxygen atoms in total. The zero-order valence-corrected chi connectivity index (χ0v) is 19.8. The SMILES string of the molecule is O=C(O)Cn1nnc(-c2ccc([C@@H](c3cccc(O)c3)N3CCN(Cc4ccccc4)CC3)cc2)n1. The minimum atomic E-state index is -1.02. The number of carboxylic acids is 1. The van der Waals surface area contributed by atoms with E-state index in [1.807, 2.05) is 48.5 Å². The third-order valence-corrected chi connectivity index (χ3v) is 6.42. The number of benzene rings is 3. The molecule has 9 heteroatoms. The van der Waals surface area contributed by atoms with Crippen molar-refractivity contribution in [2.45, 2.75) is 19.1 Å². The summed E-state index contributed by atoms with van der Waals surface area (Å²) in [4.78, 5) is 16.9. The van der Waals surface area contributed by atoms with Gasteiger partial charge in [-0.25, -0.2) is 0 Å². The molecule has 0 spiro atoms. The summed E-state index contributed by atoms with van der Waals surface area (Å²) in [7, 11) is 0. The molecule has 0 amide bonds. The largest absolute Gasteiger partial charge is 0.508 e. The number of phenolic OH excluding ortho intramolecular Hbond substituents is 1. The van der Waals surface area contributed by atoms with Crippen LogP contribution < -0.4 is 0 Å². The molecule has 0 bridgehead atoms. The Morgan fingerprint density at radius 3 is 2.33 bits per heavy atom. The normalized spacial score (nSPS) is 15.6. The number of tetrazole rings is 1. The molecule has 1 aliphatic heterocycles. The van der Waals surface area contributed by atoms with Crippen LogP contribution in [0.15, 0.2) is 78.9 Å². The number of piperazine rings is 1. The van der Waals surface area contributed by atoms with E-state index in [1.165, 1.54) is 5.56 Å². The summed E-state index contributed by atoms with van der Waals surface area (Å²) in [6, 6.07) is 25.9. The topological polar surface area (TPSA) is 108 Å². The van der Waals surface area contributed by atoms with Crippen molar-refractivity contribution < 1.29 is 15.0 Å². The Morgan fingerprint density at radius 2 is 1.64 bits per heavy atom. The number of hydrogen-bond donors (Lipinski definition) is 2. The van der Waals surface area contributed by atoms with Crippen molar-refractivity contribution >= 4 is 5.97 Å². The fourth-order valence-electron chi connectivity index (χ4n) is 4.69. The maximum atomic E-state index is 10.9. The number of nitrogens with zero attached hydrogens (tertiary/aromatic N) is 6. The molecule has 1 atom stereocenters. The molecule has 2 N–H and O–H groups in total. The van der Waals surface area contributed by atoms with E-state index in [0.29, 0.717) is 5.82 Å². The van der Waals surface area contributed by atoms with Gasteiger partial charge in [0.25, 0.3) is 0 Å². The number of aliphatic carboxylic acids is 1. The van der Waals surface area contributed by atoms with Crippen molar-refractivity contribution in [1.82, 2.24) is 30.0 Å². The number of carboxylic acid groups (broad SMARTS) is 1. The molecule has 184 valence electrons. The minimum Gasteiger partial charge on any atom is -0.508 e. The molecule has 3 aromatic carbocycles. The van der Waals surface area contributed by atoms with Gasteiger partial charge >= 0.3 is 5.97 Å². The molecular weight excluding hydrogens is 456 g/mol. The van der Waals surface area contributed by atoms with Crippen LogP contribution in [0.25, 0.3) is 11.4 Å². The molecule has 2 heterocycles. The lowest BCUT2D eigenvalue weighted by Crippen LogP contribution is -2.47. The highest BCUT2D eigenvalue weighted by molar-refractivity contribution is 5.66. The molecular formula is C27H28N6O3. The van der Waals surface area contributed by atoms with Gasteiger partial charge < -0.3 is 10.2 Å². The molecule has 1 aromatic heterocycles. The number of hydrogen-bond acceptors (Lipinski definition) is 7. The van der Waals surface area contributed by atoms with E-state index in [9.17, 15) is 9.90 Å². The van der Waals surface area contributed by atoms with Crippen LogP contribution in [0.2, 0.25) is 0 Å². The van der Waals surface area contributed by atoms with Crippen molar-refractivity contribution in [2.24, 2.45) is 0 Å². The first-order valence-corrected chi connectivity index (χ1v) is 11.9. The van der Waals surface area contributed by atoms with Crippen LogP contribution in [0.1, 0.15) is 22.7 Å². The van der Waals surface area contributed by atoms with Gasteiger partial charge in [0.15, 0.2) is 6.54 Å². The van der Waals surface area contributed by atoms with E-state index in [-0.39, 0.29) is 18.3 Å². The highest BCUT2D eigenvalue weighted by Crippen LogP contribution is 2.32. The first-order valence-electron chi connectivity index (χ1n) is 11.9. The third-order valence-electron chi connectivity index (χ3n) is 6.42. The van der Waals surface area contributed by atoms with Crippen molar-refractivity contribution in [3.8, 4) is 17.1 Å². The standard InChI is InChI=1S/C27H28N6O3/c34-24-8-4-7-23(17-24)26(32-15-13-31(14-16-32)18-20-5-2-1-3-6-20)21-9-11-22(12-10-21)27-28-30-33(29-27)19-25(35)36/h1-12,17,26,34H,13-16,18-19H2,(H,35,36)/t26-/m0/s1. The summed E-state index contributed by atoms with van der Waals surface area (Å²) in [5, 5.41) is 31.1. The molecule has 0 unspecified atom stereocenters. The van der Waals surface area contributed by atoms with Gasteiger partial charge in [0.1, 0.15) is 5.75 Å². The second-order valence-corrected chi connectivity index (χ2v) is 8.95. The number of aromatic nitrogens is 4. The highest BCUT2D eigenvalue weighted by Gasteiger charge is 2.27. The van der Waals surface area contributed by atoms with Crippen molar-refractivity contribution in [1.29, 1.82) is 0 Å². The first kappa shape index (κ1) is 23.7. The van der Waals surface area contributed by atoms with Crippen LogP contribution in [0.4, 0.5) is 0 Å². The lowest BCUT2D eigenvalue weighted by molar-refractivity contribution is -0.138. The fraction of sp³-hybridized carbons (Fsp3) is 0.259. The summed E-state index contributed by atoms with van der Waals surface area (Å²) >= 11 is 0. The molecule has 1 saturated heterocycles. The zero-order valence-electron chi connectivity index (χ0n) is 19.8. The molecule has 4 aromatic rings. The summed E-state index contributed by atoms with van der Waals surface area (Å²) in [6.45, 7) is 4.33. The van der Waals surface area contributed by atoms with Crippen molar-refractivity contribution in [3.63, 3.8) is 0 Å². The van der Waals surface area contributed by atoms with Gasteiger partial charge in [-0.1, -0.05) is 66.7 Å². The van der Waals surface area contributed by atoms with E-state index >= 15 is 0 Å². The maximum absolute atomic E-state index is 10.9. The number of rotatable bonds is 8. The second-order valence-electron chi connectivity index (χ2n) is 8.95. The predicted molar refractivity (Wildman–Crippen MR) is 134 cm³/mol. The summed E-state index contributed by atoms with van der Waals surface area (Å²) in [5.41, 5.74) is 4.21. The fourth-order valence-corrected chi connectivity index (χ4v) is 4.69. The number of aromatic hydroxyl groups is 1. The van der Waals surface area contributed by atoms with Crippen molar-refractivity contribution in [3.05, 3.63) is 95.6 Å². The Morgan fingerprint density at radius 1 is 0.889 bits per heavy atom. The monoisotopic (exact) mass is 484 g/mol. The first-order chi connectivity index (χ1) is 17.5. The van der Waals surface area contributed by atoms with Gasteiger partial charge in [-0.15, -0.1) is 10.2 Å². The van der Waals surface area contributed by atoms with Crippen LogP contribution >= 0.6 is 0 Å². The predicted octanol–water partition coefficient (Wildman–Crippen LogP) is 3.04. The summed E-state index contributed by atoms with van der Waals surface area (Å²) < 4.78 is 0. The van der Waals surface area contributed by atoms with Gasteiger partial charge in [-0.3, -0.25) is 14.6 Å². The highest BCUT2D eigenvalue weighted by atomic mass is 16.4. The summed E-state index contributed by atoms with van der Waals surface area (Å²) in [6.07, 6.45) is 0. The Labute approximate surface area is 209 Å². The van der Waals surface area contributed by atoms with Crippen LogP contribution in [0.5, 0.6) is 5.75 Å². The van der Waals surface area contributed by atoms with E-state index < -0.39 is 5.97 Å². The Bertz CT molecular complexity index is 1300. The Kier molecular flexibility index (Phi) is 7.01. The van der Waals surface area contributed by atoms with Gasteiger partial charge in [0.2, 0.25) is 5.82 Å². The van der Waals surface area contributed by atoms with Gasteiger partial charge in [0, 0.05) is 38.3 Å². The van der Waals surface area contributed by atoms with Crippen LogP contribution in [0, 0.1) is 0 Å². The van der Waals surface area contributed by atoms with Gasteiger partial charge in [-0.05, 0) is 34.0 Å². The van der Waals surface area contributed by atoms with E-state index in [0.717, 1.165) is 54.2 Å². The Hall–Kier alpha value is -4.08. The number of phenols is 1. The molecule has 36 heavy (non-hydrogen) atoms. The lowest BCUT2D eigenvalue weighted by atomic mass is 9.95. The van der Waals surface area contributed by atoms with Crippen molar-refractivity contribution in [2.75, 3.05) is 26.2 Å². The third kappa shape index (κ3) is 5.59. The smallest absolute Gasteiger partial charge is 0.327 e. The maximum Gasteiger partial charge on any atom is 0.327 e. The molecule has 0 saturated carbocycles. The van der Waals surface area contributed by atoms with Crippen LogP contribution in [-0.4, -0.2) is 72.4 Å². The Balaban J connectivity index is 1.35. The van der Waals surface area contributed by atoms with E-state index in [4.69, 9.17) is 5.11 Å². The minimum absolute atomic E-state index is 0.0133. The van der Waals surface area contributed by atoms with E-state index in [1.54, 1.807) is 6.07 Å². The zero-order chi connectivity index (χ0) is 24.9. The van der Waals surface area contributed by atoms with Gasteiger partial charge in [-0.2, -0.15) is 4.80 Å². The quantitative estimate of drug-likeness (QED) is 0.393. The lowest BCUT2D eigenvalue weighted by Gasteiger charge is -2.40. The average molecular weight is 485 g/mol. The average Bonchev–Trinajstić information content (AvgIpc) is 3.34. The molecule has 0 radical (unpaired) electrons.